The van der Waals surface area contributed by atoms with Crippen LogP contribution in [0.15, 0.2) is 93.9 Å². The van der Waals surface area contributed by atoms with Gasteiger partial charge in [-0.15, -0.1) is 0 Å². The average Bonchev–Trinajstić information content (AvgIpc) is 3.55. The predicted molar refractivity (Wildman–Crippen MR) is 257 cm³/mol. The van der Waals surface area contributed by atoms with Crippen LogP contribution in [0.4, 0.5) is 11.4 Å². The Bertz CT molecular complexity index is 2780. The Hall–Kier alpha value is -3.55. The van der Waals surface area contributed by atoms with Gasteiger partial charge in [0, 0.05) is 66.0 Å². The van der Waals surface area contributed by atoms with E-state index >= 15 is 0 Å². The molecule has 0 bridgehead atoms. The van der Waals surface area contributed by atoms with Gasteiger partial charge in [-0.1, -0.05) is 38.8 Å². The number of carbonyl (C=O) groups is 2. The zero-order chi connectivity index (χ0) is 49.3. The monoisotopic (exact) mass is 1020 g/mol. The van der Waals surface area contributed by atoms with Crippen molar-refractivity contribution in [2.75, 3.05) is 43.1 Å². The molecule has 0 saturated carbocycles. The summed E-state index contributed by atoms with van der Waals surface area (Å²) in [6.45, 7) is 8.26. The molecule has 23 heteroatoms. The number of nitrogens with one attached hydrogen (secondary N) is 1. The minimum absolute atomic E-state index is 0. The summed E-state index contributed by atoms with van der Waals surface area (Å²) in [5, 5.41) is 2.93. The van der Waals surface area contributed by atoms with E-state index in [4.69, 9.17) is 0 Å². The number of unbranched alkanes of at least 4 members (excludes halogenated alkanes) is 5. The Balaban J connectivity index is 0.0000119. The third-order valence-corrected chi connectivity index (χ3v) is 14.8. The summed E-state index contributed by atoms with van der Waals surface area (Å²) in [5.74, 6) is -1.65. The standard InChI is InChI=1S/C44H59N3O15S4.Na.H/c1-43(2)35-30-33(65(56,57)58)21-23-37(35)46(26-10-12-28-63(50,51)52)39(43)18-14-16-32(42(49)45-25-9-7-6-8-20-41(48)62-5)17-15-19-40-44(3,4)36-31-34(66(59,60)61)22-24-38(36)47(40)27-11-13-29-64(53,54)55;;/h14-19,21-24,30-31H,6-13,20,25-29H2,1-5H3,(H4-,45,49,50,51,52,53,54,55,56,57,58,59,60,61);;/p+1. The first-order chi connectivity index (χ1) is 30.6. The normalized spacial score (nSPS) is 16.7. The number of hydrogen-bond donors (Lipinski definition) is 5. The number of benzene rings is 2. The molecule has 18 nitrogen and oxygen atoms in total. The molecule has 0 radical (unpaired) electrons. The topological polar surface area (TPSA) is 279 Å². The van der Waals surface area contributed by atoms with E-state index in [0.717, 1.165) is 12.8 Å². The fourth-order valence-corrected chi connectivity index (χ4v) is 10.2. The van der Waals surface area contributed by atoms with Crippen molar-refractivity contribution in [3.63, 3.8) is 0 Å². The number of nitrogens with zero attached hydrogens (tertiary/aromatic N) is 2. The molecule has 0 saturated heterocycles. The number of rotatable bonds is 24. The Morgan fingerprint density at radius 1 is 0.731 bits per heavy atom. The van der Waals surface area contributed by atoms with Crippen molar-refractivity contribution in [1.82, 2.24) is 5.32 Å². The minimum atomic E-state index is -4.56. The molecule has 4 rings (SSSR count). The average molecular weight is 1020 g/mol. The van der Waals surface area contributed by atoms with Crippen LogP contribution >= 0.6 is 0 Å². The molecule has 2 aliphatic heterocycles. The van der Waals surface area contributed by atoms with Crippen LogP contribution in [0.2, 0.25) is 0 Å². The van der Waals surface area contributed by atoms with Gasteiger partial charge in [-0.25, -0.2) is 0 Å². The summed E-state index contributed by atoms with van der Waals surface area (Å²) >= 11 is 0. The van der Waals surface area contributed by atoms with Crippen LogP contribution in [-0.2, 0) is 65.6 Å². The summed E-state index contributed by atoms with van der Waals surface area (Å²) < 4.78 is 139. The molecule has 67 heavy (non-hydrogen) atoms. The van der Waals surface area contributed by atoms with E-state index in [1.54, 1.807) is 48.6 Å². The summed E-state index contributed by atoms with van der Waals surface area (Å²) in [5.41, 5.74) is 2.17. The predicted octanol–water partition coefficient (Wildman–Crippen LogP) is 5.20. The van der Waals surface area contributed by atoms with Crippen LogP contribution in [0.25, 0.3) is 0 Å². The summed E-state index contributed by atoms with van der Waals surface area (Å²) in [7, 11) is -16.2. The van der Waals surface area contributed by atoms with Crippen LogP contribution in [-0.4, -0.2) is 142 Å². The summed E-state index contributed by atoms with van der Waals surface area (Å²) in [6, 6.07) is 8.38. The van der Waals surface area contributed by atoms with Crippen LogP contribution in [0.5, 0.6) is 0 Å². The third-order valence-electron chi connectivity index (χ3n) is 11.5. The van der Waals surface area contributed by atoms with E-state index in [9.17, 15) is 61.5 Å². The number of methoxy groups -OCH3 is 1. The second kappa shape index (κ2) is 23.8. The van der Waals surface area contributed by atoms with Crippen LogP contribution in [0.3, 0.4) is 0 Å². The van der Waals surface area contributed by atoms with Gasteiger partial charge in [0.15, 0.2) is 5.71 Å². The van der Waals surface area contributed by atoms with E-state index in [0.29, 0.717) is 72.6 Å². The molecule has 2 aromatic carbocycles. The number of carbonyl (C=O) groups excluding carboxylic acids is 2. The van der Waals surface area contributed by atoms with Crippen molar-refractivity contribution >= 4 is 99.0 Å². The maximum absolute atomic E-state index is 13.9. The van der Waals surface area contributed by atoms with E-state index in [1.807, 2.05) is 37.2 Å². The molecule has 0 aliphatic carbocycles. The van der Waals surface area contributed by atoms with Gasteiger partial charge in [0.1, 0.15) is 6.54 Å². The molecule has 0 aromatic heterocycles. The Morgan fingerprint density at radius 2 is 1.31 bits per heavy atom. The van der Waals surface area contributed by atoms with E-state index < -0.39 is 68.7 Å². The zero-order valence-corrected chi connectivity index (χ0v) is 40.9. The molecule has 0 fully saturated rings. The van der Waals surface area contributed by atoms with Gasteiger partial charge >= 0.3 is 35.5 Å². The number of ether oxygens (including phenoxy) is 1. The molecule has 2 heterocycles. The SMILES string of the molecule is COC(=O)CCCCCCNC(=O)C(=C\C=C\C1=[N+](CCCCS(=O)(=O)O)c2ccc(S(=O)(=O)O)cc2C1(C)C)/C=C/C=C1/N(CCCCS(=O)(=O)O)c2ccc(S(=O)(=O)O)cc2C1(C)C.[NaH]. The zero-order valence-electron chi connectivity index (χ0n) is 37.6. The fraction of sp³-hybridized carbons (Fsp3) is 0.477. The molecule has 5 N–H and O–H groups in total. The van der Waals surface area contributed by atoms with Gasteiger partial charge in [-0.2, -0.15) is 38.2 Å². The fourth-order valence-electron chi connectivity index (χ4n) is 8.07. The Labute approximate surface area is 416 Å². The van der Waals surface area contributed by atoms with E-state index in [2.05, 4.69) is 10.1 Å². The molecule has 2 aliphatic rings. The van der Waals surface area contributed by atoms with Crippen LogP contribution in [0.1, 0.15) is 96.6 Å². The second-order valence-electron chi connectivity index (χ2n) is 17.1. The van der Waals surface area contributed by atoms with Gasteiger partial charge in [-0.05, 0) is 100 Å². The van der Waals surface area contributed by atoms with Crippen molar-refractivity contribution in [2.45, 2.75) is 106 Å². The van der Waals surface area contributed by atoms with Gasteiger partial charge in [0.25, 0.3) is 46.4 Å². The number of anilines is 1. The third kappa shape index (κ3) is 16.3. The second-order valence-corrected chi connectivity index (χ2v) is 23.1. The molecule has 1 amide bonds. The molecular formula is C44H61N3NaO15S4+. The number of allylic oxidation sites excluding steroid dienone is 6. The van der Waals surface area contributed by atoms with Crippen LogP contribution in [0, 0.1) is 0 Å². The first kappa shape index (κ1) is 57.8. The van der Waals surface area contributed by atoms with Crippen molar-refractivity contribution in [3.05, 3.63) is 95.3 Å². The molecule has 366 valence electrons. The molecular weight excluding hydrogens is 962 g/mol. The quantitative estimate of drug-likeness (QED) is 0.0172. The number of esters is 1. The number of amides is 1. The number of hydrogen-bond acceptors (Lipinski definition) is 12. The van der Waals surface area contributed by atoms with Crippen LogP contribution < -0.4 is 10.2 Å². The first-order valence-electron chi connectivity index (χ1n) is 21.3. The molecule has 0 atom stereocenters. The Morgan fingerprint density at radius 3 is 1.91 bits per heavy atom. The maximum atomic E-state index is 13.9. The van der Waals surface area contributed by atoms with Gasteiger partial charge in [0.2, 0.25) is 5.69 Å². The van der Waals surface area contributed by atoms with Gasteiger partial charge in [-0.3, -0.25) is 27.8 Å². The van der Waals surface area contributed by atoms with Gasteiger partial charge < -0.3 is 15.0 Å². The first-order valence-corrected chi connectivity index (χ1v) is 27.4. The van der Waals surface area contributed by atoms with E-state index in [1.165, 1.54) is 31.4 Å². The summed E-state index contributed by atoms with van der Waals surface area (Å²) in [4.78, 5) is 26.6. The van der Waals surface area contributed by atoms with Crippen molar-refractivity contribution in [1.29, 1.82) is 0 Å². The summed E-state index contributed by atoms with van der Waals surface area (Å²) in [6.07, 6.45) is 13.9. The molecule has 2 aromatic rings. The molecule has 0 spiro atoms. The number of fused-ring (bicyclic) bond motifs is 2. The Kier molecular flexibility index (Phi) is 20.6. The molecule has 0 unspecified atom stereocenters. The van der Waals surface area contributed by atoms with E-state index in [-0.39, 0.29) is 76.8 Å². The van der Waals surface area contributed by atoms with Crippen molar-refractivity contribution in [3.8, 4) is 0 Å². The van der Waals surface area contributed by atoms with Crippen molar-refractivity contribution in [2.24, 2.45) is 0 Å². The van der Waals surface area contributed by atoms with Gasteiger partial charge in [0.05, 0.1) is 33.8 Å². The van der Waals surface area contributed by atoms with Crippen molar-refractivity contribution < 1.29 is 70.8 Å².